The summed E-state index contributed by atoms with van der Waals surface area (Å²) in [4.78, 5) is 4.18. The van der Waals surface area contributed by atoms with Gasteiger partial charge in [-0.1, -0.05) is 6.92 Å². The zero-order chi connectivity index (χ0) is 9.68. The maximum Gasteiger partial charge on any atom is 0.0884 e. The van der Waals surface area contributed by atoms with Gasteiger partial charge in [0, 0.05) is 13.3 Å². The van der Waals surface area contributed by atoms with Crippen LogP contribution >= 0.6 is 0 Å². The summed E-state index contributed by atoms with van der Waals surface area (Å²) in [6, 6.07) is 4.04. The number of methoxy groups -OCH3 is 1. The van der Waals surface area contributed by atoms with Crippen molar-refractivity contribution in [3.8, 4) is 0 Å². The molecular weight excluding hydrogens is 164 g/mol. The van der Waals surface area contributed by atoms with E-state index in [4.69, 9.17) is 10.5 Å². The van der Waals surface area contributed by atoms with Gasteiger partial charge in [-0.3, -0.25) is 4.98 Å². The van der Waals surface area contributed by atoms with Gasteiger partial charge in [0.2, 0.25) is 0 Å². The Labute approximate surface area is 78.9 Å². The van der Waals surface area contributed by atoms with E-state index in [0.717, 1.165) is 5.69 Å². The molecule has 13 heavy (non-hydrogen) atoms. The Hall–Kier alpha value is -0.930. The average Bonchev–Trinajstić information content (AvgIpc) is 2.18. The number of nitrogens with zero attached hydrogens (tertiary/aromatic N) is 1. The molecule has 1 aromatic heterocycles. The Balaban J connectivity index is 2.78. The van der Waals surface area contributed by atoms with Crippen molar-refractivity contribution in [2.45, 2.75) is 19.4 Å². The van der Waals surface area contributed by atoms with Gasteiger partial charge in [0.05, 0.1) is 12.3 Å². The lowest BCUT2D eigenvalue weighted by molar-refractivity contribution is 0.181. The summed E-state index contributed by atoms with van der Waals surface area (Å²) in [5, 5.41) is 0. The second-order valence-electron chi connectivity index (χ2n) is 3.15. The number of ether oxygens (including phenoxy) is 1. The molecule has 0 aliphatic carbocycles. The summed E-state index contributed by atoms with van der Waals surface area (Å²) in [5.74, 6) is 0.388. The number of hydrogen-bond acceptors (Lipinski definition) is 3. The minimum absolute atomic E-state index is 0.388. The summed E-state index contributed by atoms with van der Waals surface area (Å²) in [5.41, 5.74) is 7.76. The third kappa shape index (κ3) is 2.79. The van der Waals surface area contributed by atoms with E-state index < -0.39 is 0 Å². The van der Waals surface area contributed by atoms with E-state index in [0.29, 0.717) is 19.1 Å². The second-order valence-corrected chi connectivity index (χ2v) is 3.15. The van der Waals surface area contributed by atoms with Gasteiger partial charge in [-0.25, -0.2) is 0 Å². The summed E-state index contributed by atoms with van der Waals surface area (Å²) in [6.07, 6.45) is 1.80. The monoisotopic (exact) mass is 180 g/mol. The van der Waals surface area contributed by atoms with E-state index in [-0.39, 0.29) is 0 Å². The van der Waals surface area contributed by atoms with Gasteiger partial charge in [-0.05, 0) is 30.2 Å². The summed E-state index contributed by atoms with van der Waals surface area (Å²) in [6.45, 7) is 3.33. The standard InChI is InChI=1S/C10H16N2O/c1-8(6-11)9-3-4-12-10(5-9)7-13-2/h3-5,8H,6-7,11H2,1-2H3. The zero-order valence-corrected chi connectivity index (χ0v) is 8.16. The van der Waals surface area contributed by atoms with Crippen LogP contribution in [0.3, 0.4) is 0 Å². The molecular formula is C10H16N2O. The minimum atomic E-state index is 0.388. The molecule has 0 aliphatic rings. The third-order valence-electron chi connectivity index (χ3n) is 2.06. The minimum Gasteiger partial charge on any atom is -0.378 e. The van der Waals surface area contributed by atoms with Crippen LogP contribution in [0.5, 0.6) is 0 Å². The lowest BCUT2D eigenvalue weighted by Gasteiger charge is -2.09. The first-order chi connectivity index (χ1) is 6.27. The Morgan fingerprint density at radius 2 is 2.38 bits per heavy atom. The highest BCUT2D eigenvalue weighted by Gasteiger charge is 2.03. The van der Waals surface area contributed by atoms with Gasteiger partial charge in [0.1, 0.15) is 0 Å². The SMILES string of the molecule is COCc1cc(C(C)CN)ccn1. The van der Waals surface area contributed by atoms with Crippen molar-refractivity contribution in [3.05, 3.63) is 29.6 Å². The van der Waals surface area contributed by atoms with Crippen molar-refractivity contribution in [1.82, 2.24) is 4.98 Å². The molecule has 1 unspecified atom stereocenters. The van der Waals surface area contributed by atoms with E-state index in [1.165, 1.54) is 5.56 Å². The first kappa shape index (κ1) is 10.2. The Morgan fingerprint density at radius 1 is 1.62 bits per heavy atom. The van der Waals surface area contributed by atoms with E-state index in [1.54, 1.807) is 13.3 Å². The van der Waals surface area contributed by atoms with Crippen LogP contribution in [0.1, 0.15) is 24.1 Å². The van der Waals surface area contributed by atoms with Gasteiger partial charge >= 0.3 is 0 Å². The van der Waals surface area contributed by atoms with Crippen molar-refractivity contribution in [2.24, 2.45) is 5.73 Å². The molecule has 0 bridgehead atoms. The van der Waals surface area contributed by atoms with E-state index in [9.17, 15) is 0 Å². The molecule has 3 heteroatoms. The van der Waals surface area contributed by atoms with Crippen molar-refractivity contribution >= 4 is 0 Å². The predicted molar refractivity (Wildman–Crippen MR) is 52.4 cm³/mol. The Kier molecular flexibility index (Phi) is 3.86. The van der Waals surface area contributed by atoms with Crippen molar-refractivity contribution in [3.63, 3.8) is 0 Å². The molecule has 3 nitrogen and oxygen atoms in total. The molecule has 1 rings (SSSR count). The zero-order valence-electron chi connectivity index (χ0n) is 8.16. The number of nitrogens with two attached hydrogens (primary N) is 1. The molecule has 2 N–H and O–H groups in total. The van der Waals surface area contributed by atoms with Gasteiger partial charge in [0.25, 0.3) is 0 Å². The van der Waals surface area contributed by atoms with Gasteiger partial charge in [-0.15, -0.1) is 0 Å². The van der Waals surface area contributed by atoms with Crippen LogP contribution in [0.25, 0.3) is 0 Å². The van der Waals surface area contributed by atoms with Crippen LogP contribution in [0.4, 0.5) is 0 Å². The fourth-order valence-corrected chi connectivity index (χ4v) is 1.17. The predicted octanol–water partition coefficient (Wildman–Crippen LogP) is 1.29. The van der Waals surface area contributed by atoms with E-state index in [1.807, 2.05) is 12.1 Å². The first-order valence-corrected chi connectivity index (χ1v) is 4.41. The molecule has 1 atom stereocenters. The topological polar surface area (TPSA) is 48.1 Å². The second kappa shape index (κ2) is 4.94. The molecule has 0 amide bonds. The van der Waals surface area contributed by atoms with Crippen LogP contribution in [-0.4, -0.2) is 18.6 Å². The lowest BCUT2D eigenvalue weighted by atomic mass is 10.0. The molecule has 72 valence electrons. The highest BCUT2D eigenvalue weighted by Crippen LogP contribution is 2.13. The van der Waals surface area contributed by atoms with Crippen molar-refractivity contribution in [1.29, 1.82) is 0 Å². The molecule has 0 saturated carbocycles. The molecule has 0 fully saturated rings. The molecule has 0 radical (unpaired) electrons. The number of hydrogen-bond donors (Lipinski definition) is 1. The Bertz CT molecular complexity index is 263. The molecule has 0 aromatic carbocycles. The highest BCUT2D eigenvalue weighted by atomic mass is 16.5. The Morgan fingerprint density at radius 3 is 3.00 bits per heavy atom. The average molecular weight is 180 g/mol. The maximum absolute atomic E-state index is 5.58. The first-order valence-electron chi connectivity index (χ1n) is 4.41. The van der Waals surface area contributed by atoms with Crippen LogP contribution in [0.15, 0.2) is 18.3 Å². The highest BCUT2D eigenvalue weighted by molar-refractivity contribution is 5.20. The smallest absolute Gasteiger partial charge is 0.0884 e. The van der Waals surface area contributed by atoms with Gasteiger partial charge < -0.3 is 10.5 Å². The van der Waals surface area contributed by atoms with Gasteiger partial charge in [-0.2, -0.15) is 0 Å². The number of rotatable bonds is 4. The largest absolute Gasteiger partial charge is 0.378 e. The molecule has 0 saturated heterocycles. The van der Waals surface area contributed by atoms with Crippen LogP contribution in [0.2, 0.25) is 0 Å². The lowest BCUT2D eigenvalue weighted by Crippen LogP contribution is -2.09. The van der Waals surface area contributed by atoms with Crippen molar-refractivity contribution < 1.29 is 4.74 Å². The molecule has 0 spiro atoms. The quantitative estimate of drug-likeness (QED) is 0.759. The fraction of sp³-hybridized carbons (Fsp3) is 0.500. The third-order valence-corrected chi connectivity index (χ3v) is 2.06. The fourth-order valence-electron chi connectivity index (χ4n) is 1.17. The van der Waals surface area contributed by atoms with E-state index >= 15 is 0 Å². The van der Waals surface area contributed by atoms with Gasteiger partial charge in [0.15, 0.2) is 0 Å². The summed E-state index contributed by atoms with van der Waals surface area (Å²) in [7, 11) is 1.67. The number of aromatic nitrogens is 1. The normalized spacial score (nSPS) is 12.8. The van der Waals surface area contributed by atoms with Crippen LogP contribution < -0.4 is 5.73 Å². The molecule has 1 heterocycles. The number of pyridine rings is 1. The van der Waals surface area contributed by atoms with Crippen LogP contribution in [-0.2, 0) is 11.3 Å². The molecule has 0 aliphatic heterocycles. The van der Waals surface area contributed by atoms with E-state index in [2.05, 4.69) is 11.9 Å². The maximum atomic E-state index is 5.58. The summed E-state index contributed by atoms with van der Waals surface area (Å²) < 4.78 is 5.00. The van der Waals surface area contributed by atoms with Crippen LogP contribution in [0, 0.1) is 0 Å². The molecule has 1 aromatic rings. The summed E-state index contributed by atoms with van der Waals surface area (Å²) >= 11 is 0. The van der Waals surface area contributed by atoms with Crippen molar-refractivity contribution in [2.75, 3.05) is 13.7 Å².